The smallest absolute Gasteiger partial charge is 0.143 e. The second-order valence-corrected chi connectivity index (χ2v) is 5.04. The lowest BCUT2D eigenvalue weighted by Gasteiger charge is -2.29. The zero-order valence-corrected chi connectivity index (χ0v) is 10.5. The third-order valence-electron chi connectivity index (χ3n) is 3.62. The molecule has 1 N–H and O–H groups in total. The summed E-state index contributed by atoms with van der Waals surface area (Å²) < 4.78 is 13.0. The van der Waals surface area contributed by atoms with E-state index in [1.165, 1.54) is 50.8 Å². The Morgan fingerprint density at radius 2 is 2.06 bits per heavy atom. The Kier molecular flexibility index (Phi) is 4.35. The van der Waals surface area contributed by atoms with Crippen molar-refractivity contribution in [3.8, 4) is 0 Å². The highest BCUT2D eigenvalue weighted by molar-refractivity contribution is 5.41. The van der Waals surface area contributed by atoms with Crippen LogP contribution in [0.1, 0.15) is 45.4 Å². The Balaban J connectivity index is 1.82. The zero-order chi connectivity index (χ0) is 12.1. The molecule has 94 valence electrons. The number of nitrogens with one attached hydrogen (secondary N) is 1. The summed E-state index contributed by atoms with van der Waals surface area (Å²) in [4.78, 5) is 3.86. The number of pyridine rings is 1. The van der Waals surface area contributed by atoms with Crippen LogP contribution in [0.2, 0.25) is 0 Å². The first-order chi connectivity index (χ1) is 8.28. The molecule has 2 rings (SSSR count). The van der Waals surface area contributed by atoms with E-state index < -0.39 is 0 Å². The van der Waals surface area contributed by atoms with Crippen LogP contribution in [0.3, 0.4) is 0 Å². The lowest BCUT2D eigenvalue weighted by molar-refractivity contribution is 0.319. The van der Waals surface area contributed by atoms with Crippen molar-refractivity contribution in [2.24, 2.45) is 5.92 Å². The Morgan fingerprint density at radius 1 is 1.29 bits per heavy atom. The van der Waals surface area contributed by atoms with Crippen molar-refractivity contribution in [2.75, 3.05) is 5.32 Å². The molecule has 0 spiro atoms. The van der Waals surface area contributed by atoms with Gasteiger partial charge in [-0.25, -0.2) is 4.39 Å². The second-order valence-electron chi connectivity index (χ2n) is 5.04. The number of rotatable bonds is 4. The van der Waals surface area contributed by atoms with Gasteiger partial charge in [0.15, 0.2) is 0 Å². The second kappa shape index (κ2) is 5.99. The van der Waals surface area contributed by atoms with Crippen LogP contribution in [-0.4, -0.2) is 11.0 Å². The van der Waals surface area contributed by atoms with Gasteiger partial charge in [0.05, 0.1) is 18.1 Å². The van der Waals surface area contributed by atoms with Gasteiger partial charge in [-0.05, 0) is 31.6 Å². The van der Waals surface area contributed by atoms with Crippen LogP contribution in [-0.2, 0) is 0 Å². The standard InChI is InChI=1S/C14H21FN2/c1-2-3-11-4-6-13(7-5-11)17-14-8-12(15)9-16-10-14/h8-11,13,17H,2-7H2,1H3. The van der Waals surface area contributed by atoms with Gasteiger partial charge >= 0.3 is 0 Å². The molecule has 0 aliphatic heterocycles. The quantitative estimate of drug-likeness (QED) is 0.855. The summed E-state index contributed by atoms with van der Waals surface area (Å²) in [6.45, 7) is 2.25. The summed E-state index contributed by atoms with van der Waals surface area (Å²) >= 11 is 0. The zero-order valence-electron chi connectivity index (χ0n) is 10.5. The number of hydrogen-bond acceptors (Lipinski definition) is 2. The maximum Gasteiger partial charge on any atom is 0.143 e. The predicted molar refractivity (Wildman–Crippen MR) is 68.5 cm³/mol. The van der Waals surface area contributed by atoms with Gasteiger partial charge < -0.3 is 5.32 Å². The van der Waals surface area contributed by atoms with E-state index in [-0.39, 0.29) is 5.82 Å². The fourth-order valence-electron chi connectivity index (χ4n) is 2.73. The molecule has 1 fully saturated rings. The highest BCUT2D eigenvalue weighted by atomic mass is 19.1. The minimum atomic E-state index is -0.269. The normalized spacial score (nSPS) is 24.6. The molecule has 0 saturated heterocycles. The summed E-state index contributed by atoms with van der Waals surface area (Å²) in [5, 5.41) is 3.38. The molecule has 1 heterocycles. The summed E-state index contributed by atoms with van der Waals surface area (Å²) in [5.41, 5.74) is 0.809. The monoisotopic (exact) mass is 236 g/mol. The van der Waals surface area contributed by atoms with Crippen molar-refractivity contribution in [2.45, 2.75) is 51.5 Å². The van der Waals surface area contributed by atoms with Gasteiger partial charge in [-0.1, -0.05) is 19.8 Å². The third kappa shape index (κ3) is 3.69. The van der Waals surface area contributed by atoms with E-state index in [1.807, 2.05) is 0 Å². The molecule has 0 aromatic carbocycles. The summed E-state index contributed by atoms with van der Waals surface area (Å²) in [5.74, 6) is 0.637. The lowest BCUT2D eigenvalue weighted by Crippen LogP contribution is -2.26. The molecule has 0 amide bonds. The molecule has 1 aliphatic rings. The highest BCUT2D eigenvalue weighted by Gasteiger charge is 2.20. The molecule has 0 atom stereocenters. The lowest BCUT2D eigenvalue weighted by atomic mass is 9.83. The van der Waals surface area contributed by atoms with Gasteiger partial charge in [-0.2, -0.15) is 0 Å². The topological polar surface area (TPSA) is 24.9 Å². The molecule has 0 radical (unpaired) electrons. The largest absolute Gasteiger partial charge is 0.381 e. The highest BCUT2D eigenvalue weighted by Crippen LogP contribution is 2.29. The van der Waals surface area contributed by atoms with Crippen LogP contribution in [0.25, 0.3) is 0 Å². The first-order valence-corrected chi connectivity index (χ1v) is 6.65. The first kappa shape index (κ1) is 12.3. The molecule has 17 heavy (non-hydrogen) atoms. The van der Waals surface area contributed by atoms with Crippen molar-refractivity contribution >= 4 is 5.69 Å². The molecular formula is C14H21FN2. The van der Waals surface area contributed by atoms with Crippen LogP contribution in [0.5, 0.6) is 0 Å². The fourth-order valence-corrected chi connectivity index (χ4v) is 2.73. The van der Waals surface area contributed by atoms with Gasteiger partial charge in [0.25, 0.3) is 0 Å². The van der Waals surface area contributed by atoms with E-state index in [2.05, 4.69) is 17.2 Å². The third-order valence-corrected chi connectivity index (χ3v) is 3.62. The van der Waals surface area contributed by atoms with Gasteiger partial charge in [0, 0.05) is 12.1 Å². The Hall–Kier alpha value is -1.12. The molecule has 0 unspecified atom stereocenters. The van der Waals surface area contributed by atoms with E-state index in [4.69, 9.17) is 0 Å². The molecular weight excluding hydrogens is 215 g/mol. The van der Waals surface area contributed by atoms with Crippen LogP contribution in [0, 0.1) is 11.7 Å². The van der Waals surface area contributed by atoms with Gasteiger partial charge in [0.1, 0.15) is 5.82 Å². The maximum absolute atomic E-state index is 13.0. The Morgan fingerprint density at radius 3 is 2.71 bits per heavy atom. The number of hydrogen-bond donors (Lipinski definition) is 1. The molecule has 2 nitrogen and oxygen atoms in total. The van der Waals surface area contributed by atoms with Crippen molar-refractivity contribution < 1.29 is 4.39 Å². The Labute approximate surface area is 103 Å². The summed E-state index contributed by atoms with van der Waals surface area (Å²) in [6.07, 6.45) is 10.6. The molecule has 1 saturated carbocycles. The molecule has 1 aromatic rings. The van der Waals surface area contributed by atoms with Crippen molar-refractivity contribution in [3.05, 3.63) is 24.3 Å². The van der Waals surface area contributed by atoms with Crippen molar-refractivity contribution in [1.29, 1.82) is 0 Å². The maximum atomic E-state index is 13.0. The molecule has 1 aliphatic carbocycles. The summed E-state index contributed by atoms with van der Waals surface area (Å²) in [7, 11) is 0. The number of anilines is 1. The van der Waals surface area contributed by atoms with E-state index in [9.17, 15) is 4.39 Å². The van der Waals surface area contributed by atoms with E-state index in [0.29, 0.717) is 6.04 Å². The molecule has 3 heteroatoms. The van der Waals surface area contributed by atoms with E-state index >= 15 is 0 Å². The number of halogens is 1. The predicted octanol–water partition coefficient (Wildman–Crippen LogP) is 3.99. The van der Waals surface area contributed by atoms with Crippen molar-refractivity contribution in [3.63, 3.8) is 0 Å². The van der Waals surface area contributed by atoms with E-state index in [1.54, 1.807) is 6.20 Å². The van der Waals surface area contributed by atoms with Crippen LogP contribution in [0.15, 0.2) is 18.5 Å². The van der Waals surface area contributed by atoms with Gasteiger partial charge in [-0.3, -0.25) is 4.98 Å². The number of aromatic nitrogens is 1. The number of nitrogens with zero attached hydrogens (tertiary/aromatic N) is 1. The van der Waals surface area contributed by atoms with Gasteiger partial charge in [0.2, 0.25) is 0 Å². The fraction of sp³-hybridized carbons (Fsp3) is 0.643. The van der Waals surface area contributed by atoms with Crippen molar-refractivity contribution in [1.82, 2.24) is 4.98 Å². The van der Waals surface area contributed by atoms with Gasteiger partial charge in [-0.15, -0.1) is 0 Å². The minimum Gasteiger partial charge on any atom is -0.381 e. The SMILES string of the molecule is CCCC1CCC(Nc2cncc(F)c2)CC1. The summed E-state index contributed by atoms with van der Waals surface area (Å²) in [6, 6.07) is 2.01. The van der Waals surface area contributed by atoms with E-state index in [0.717, 1.165) is 11.6 Å². The average molecular weight is 236 g/mol. The van der Waals surface area contributed by atoms with Crippen LogP contribution < -0.4 is 5.32 Å². The first-order valence-electron chi connectivity index (χ1n) is 6.65. The molecule has 0 bridgehead atoms. The minimum absolute atomic E-state index is 0.269. The van der Waals surface area contributed by atoms with Crippen LogP contribution >= 0.6 is 0 Å². The van der Waals surface area contributed by atoms with Crippen LogP contribution in [0.4, 0.5) is 10.1 Å². The molecule has 1 aromatic heterocycles. The average Bonchev–Trinajstić information content (AvgIpc) is 2.32. The Bertz CT molecular complexity index is 346.